The molecule has 140 valence electrons. The molecule has 0 unspecified atom stereocenters. The lowest BCUT2D eigenvalue weighted by molar-refractivity contribution is -0.140. The Balaban J connectivity index is 2.33. The molecule has 0 aromatic heterocycles. The van der Waals surface area contributed by atoms with Crippen LogP contribution in [0.15, 0.2) is 17.0 Å². The van der Waals surface area contributed by atoms with Gasteiger partial charge in [0.2, 0.25) is 0 Å². The summed E-state index contributed by atoms with van der Waals surface area (Å²) in [5, 5.41) is 8.21. The van der Waals surface area contributed by atoms with Gasteiger partial charge >= 0.3 is 5.97 Å². The number of thioether (sulfide) groups is 1. The van der Waals surface area contributed by atoms with Gasteiger partial charge in [-0.25, -0.2) is 0 Å². The third-order valence-electron chi connectivity index (χ3n) is 3.61. The van der Waals surface area contributed by atoms with E-state index in [4.69, 9.17) is 14.6 Å². The first-order chi connectivity index (χ1) is 12.3. The molecule has 2 amide bonds. The van der Waals surface area contributed by atoms with Crippen molar-refractivity contribution >= 4 is 57.5 Å². The molecule has 0 bridgehead atoms. The molecule has 1 aromatic rings. The molecule has 0 saturated carbocycles. The lowest BCUT2D eigenvalue weighted by atomic mass is 10.1. The first-order valence-corrected chi connectivity index (χ1v) is 9.67. The van der Waals surface area contributed by atoms with Crippen LogP contribution in [0.1, 0.15) is 25.8 Å². The third-order valence-corrected chi connectivity index (χ3v) is 5.32. The number of carboxylic acids is 1. The fourth-order valence-electron chi connectivity index (χ4n) is 2.14. The molecular weight excluding hydrogens is 473 g/mol. The summed E-state index contributed by atoms with van der Waals surface area (Å²) in [6, 6.07) is 3.52. The van der Waals surface area contributed by atoms with Gasteiger partial charge in [0.25, 0.3) is 11.1 Å². The van der Waals surface area contributed by atoms with Crippen molar-refractivity contribution in [2.45, 2.75) is 26.4 Å². The Morgan fingerprint density at radius 1 is 1.42 bits per heavy atom. The molecule has 0 aliphatic carbocycles. The molecular formula is C17H18INO6S. The van der Waals surface area contributed by atoms with Crippen LogP contribution in [0.5, 0.6) is 11.5 Å². The Hall–Kier alpha value is -1.75. The molecule has 1 heterocycles. The number of nitrogens with zero attached hydrogens (tertiary/aromatic N) is 1. The van der Waals surface area contributed by atoms with Crippen molar-refractivity contribution in [2.24, 2.45) is 0 Å². The SMILES string of the molecule is CC[C@H](C)Oc1c(I)cc(/C=C2/SC(=O)N(CC(=O)O)C2=O)cc1OC. The number of hydrogen-bond acceptors (Lipinski definition) is 6. The molecule has 0 radical (unpaired) electrons. The zero-order chi connectivity index (χ0) is 19.4. The van der Waals surface area contributed by atoms with Crippen molar-refractivity contribution in [3.8, 4) is 11.5 Å². The minimum absolute atomic E-state index is 0.0239. The standard InChI is InChI=1S/C17H18INO6S/c1-4-9(2)25-15-11(18)5-10(6-12(15)24-3)7-13-16(22)19(8-14(20)21)17(23)26-13/h5-7,9H,4,8H2,1-3H3,(H,20,21)/b13-7+/t9-/m0/s1. The van der Waals surface area contributed by atoms with Crippen molar-refractivity contribution in [3.63, 3.8) is 0 Å². The van der Waals surface area contributed by atoms with Gasteiger partial charge in [0.1, 0.15) is 6.54 Å². The fraction of sp³-hybridized carbons (Fsp3) is 0.353. The minimum atomic E-state index is -1.24. The van der Waals surface area contributed by atoms with Gasteiger partial charge < -0.3 is 14.6 Å². The van der Waals surface area contributed by atoms with Crippen LogP contribution in [-0.2, 0) is 9.59 Å². The molecule has 0 spiro atoms. The maximum atomic E-state index is 12.2. The van der Waals surface area contributed by atoms with Gasteiger partial charge in [-0.05, 0) is 71.5 Å². The Bertz CT molecular complexity index is 779. The van der Waals surface area contributed by atoms with Crippen molar-refractivity contribution in [2.75, 3.05) is 13.7 Å². The number of carbonyl (C=O) groups is 3. The first-order valence-electron chi connectivity index (χ1n) is 7.78. The number of carbonyl (C=O) groups excluding carboxylic acids is 2. The topological polar surface area (TPSA) is 93.1 Å². The average Bonchev–Trinajstić information content (AvgIpc) is 2.83. The third kappa shape index (κ3) is 4.70. The number of rotatable bonds is 7. The van der Waals surface area contributed by atoms with Crippen LogP contribution in [-0.4, -0.2) is 46.9 Å². The normalized spacial score (nSPS) is 16.9. The van der Waals surface area contributed by atoms with Crippen LogP contribution in [0.25, 0.3) is 6.08 Å². The second kappa shape index (κ2) is 8.76. The van der Waals surface area contributed by atoms with E-state index in [0.717, 1.165) is 21.8 Å². The molecule has 1 aromatic carbocycles. The van der Waals surface area contributed by atoms with Crippen LogP contribution in [0.2, 0.25) is 0 Å². The highest BCUT2D eigenvalue weighted by Gasteiger charge is 2.36. The fourth-order valence-corrected chi connectivity index (χ4v) is 3.74. The number of ether oxygens (including phenoxy) is 2. The summed E-state index contributed by atoms with van der Waals surface area (Å²) in [5.41, 5.74) is 0.656. The first kappa shape index (κ1) is 20.6. The lowest BCUT2D eigenvalue weighted by Crippen LogP contribution is -2.33. The highest BCUT2D eigenvalue weighted by Crippen LogP contribution is 2.37. The van der Waals surface area contributed by atoms with Gasteiger partial charge in [0, 0.05) is 0 Å². The predicted octanol–water partition coefficient (Wildman–Crippen LogP) is 3.60. The van der Waals surface area contributed by atoms with Gasteiger partial charge in [-0.3, -0.25) is 19.3 Å². The van der Waals surface area contributed by atoms with E-state index in [1.165, 1.54) is 7.11 Å². The van der Waals surface area contributed by atoms with E-state index in [9.17, 15) is 14.4 Å². The van der Waals surface area contributed by atoms with E-state index in [0.29, 0.717) is 22.0 Å². The number of carboxylic acid groups (broad SMARTS) is 1. The summed E-state index contributed by atoms with van der Waals surface area (Å²) in [7, 11) is 1.53. The number of aliphatic carboxylic acids is 1. The molecule has 1 aliphatic rings. The molecule has 1 saturated heterocycles. The van der Waals surface area contributed by atoms with Gasteiger partial charge in [-0.1, -0.05) is 6.92 Å². The quantitative estimate of drug-likeness (QED) is 0.460. The highest BCUT2D eigenvalue weighted by molar-refractivity contribution is 14.1. The Labute approximate surface area is 168 Å². The van der Waals surface area contributed by atoms with E-state index in [-0.39, 0.29) is 11.0 Å². The van der Waals surface area contributed by atoms with E-state index >= 15 is 0 Å². The second-order valence-electron chi connectivity index (χ2n) is 5.53. The largest absolute Gasteiger partial charge is 0.493 e. The molecule has 1 aliphatic heterocycles. The monoisotopic (exact) mass is 491 g/mol. The highest BCUT2D eigenvalue weighted by atomic mass is 127. The number of hydrogen-bond donors (Lipinski definition) is 1. The smallest absolute Gasteiger partial charge is 0.323 e. The summed E-state index contributed by atoms with van der Waals surface area (Å²) in [6.45, 7) is 3.33. The summed E-state index contributed by atoms with van der Waals surface area (Å²) in [4.78, 5) is 35.7. The molecule has 2 rings (SSSR count). The second-order valence-corrected chi connectivity index (χ2v) is 7.69. The molecule has 26 heavy (non-hydrogen) atoms. The van der Waals surface area contributed by atoms with Gasteiger partial charge in [-0.2, -0.15) is 0 Å². The number of imide groups is 1. The van der Waals surface area contributed by atoms with Crippen molar-refractivity contribution in [3.05, 3.63) is 26.2 Å². The molecule has 1 fully saturated rings. The maximum Gasteiger partial charge on any atom is 0.323 e. The summed E-state index contributed by atoms with van der Waals surface area (Å²) >= 11 is 2.84. The van der Waals surface area contributed by atoms with Gasteiger partial charge in [0.15, 0.2) is 11.5 Å². The zero-order valence-corrected chi connectivity index (χ0v) is 17.4. The van der Waals surface area contributed by atoms with Crippen LogP contribution >= 0.6 is 34.4 Å². The van der Waals surface area contributed by atoms with Crippen molar-refractivity contribution in [1.82, 2.24) is 4.90 Å². The Morgan fingerprint density at radius 3 is 2.69 bits per heavy atom. The number of benzene rings is 1. The summed E-state index contributed by atoms with van der Waals surface area (Å²) < 4.78 is 12.1. The van der Waals surface area contributed by atoms with E-state index in [2.05, 4.69) is 22.6 Å². The van der Waals surface area contributed by atoms with E-state index < -0.39 is 23.7 Å². The van der Waals surface area contributed by atoms with E-state index in [1.807, 2.05) is 19.9 Å². The Kier molecular flexibility index (Phi) is 6.93. The number of amides is 2. The van der Waals surface area contributed by atoms with Crippen LogP contribution in [0, 0.1) is 3.57 Å². The van der Waals surface area contributed by atoms with Crippen LogP contribution < -0.4 is 9.47 Å². The number of halogens is 1. The summed E-state index contributed by atoms with van der Waals surface area (Å²) in [5.74, 6) is -0.709. The van der Waals surface area contributed by atoms with E-state index in [1.54, 1.807) is 12.1 Å². The minimum Gasteiger partial charge on any atom is -0.493 e. The molecule has 1 N–H and O–H groups in total. The molecule has 9 heteroatoms. The zero-order valence-electron chi connectivity index (χ0n) is 14.4. The molecule has 1 atom stereocenters. The predicted molar refractivity (Wildman–Crippen MR) is 106 cm³/mol. The number of methoxy groups -OCH3 is 1. The average molecular weight is 491 g/mol. The Morgan fingerprint density at radius 2 is 2.12 bits per heavy atom. The maximum absolute atomic E-state index is 12.2. The molecule has 7 nitrogen and oxygen atoms in total. The van der Waals surface area contributed by atoms with Crippen molar-refractivity contribution < 1.29 is 29.0 Å². The van der Waals surface area contributed by atoms with Crippen LogP contribution in [0.4, 0.5) is 4.79 Å². The van der Waals surface area contributed by atoms with Gasteiger partial charge in [-0.15, -0.1) is 0 Å². The summed E-state index contributed by atoms with van der Waals surface area (Å²) in [6.07, 6.45) is 2.41. The van der Waals surface area contributed by atoms with Crippen LogP contribution in [0.3, 0.4) is 0 Å². The van der Waals surface area contributed by atoms with Gasteiger partial charge in [0.05, 0.1) is 21.7 Å². The van der Waals surface area contributed by atoms with Crippen molar-refractivity contribution in [1.29, 1.82) is 0 Å². The lowest BCUT2D eigenvalue weighted by Gasteiger charge is -2.17.